The van der Waals surface area contributed by atoms with Crippen LogP contribution in [0.25, 0.3) is 27.5 Å². The summed E-state index contributed by atoms with van der Waals surface area (Å²) >= 11 is 7.17. The van der Waals surface area contributed by atoms with Crippen LogP contribution < -0.4 is 9.47 Å². The molecule has 0 atom stereocenters. The fourth-order valence-corrected chi connectivity index (χ4v) is 6.30. The van der Waals surface area contributed by atoms with E-state index in [-0.39, 0.29) is 10.8 Å². The highest BCUT2D eigenvalue weighted by Crippen LogP contribution is 2.42. The number of hydrogen-bond donors (Lipinski definition) is 0. The van der Waals surface area contributed by atoms with Gasteiger partial charge >= 0.3 is 0 Å². The first kappa shape index (κ1) is 30.5. The highest BCUT2D eigenvalue weighted by molar-refractivity contribution is 9.10. The molecule has 0 spiro atoms. The molecule has 0 aliphatic rings. The van der Waals surface area contributed by atoms with Gasteiger partial charge in [0, 0.05) is 37.4 Å². The van der Waals surface area contributed by atoms with Crippen LogP contribution in [0.2, 0.25) is 0 Å². The number of benzene rings is 5. The van der Waals surface area contributed by atoms with Crippen molar-refractivity contribution >= 4 is 53.7 Å². The van der Waals surface area contributed by atoms with E-state index in [0.717, 1.165) is 54.2 Å². The van der Waals surface area contributed by atoms with Crippen molar-refractivity contribution < 1.29 is 9.47 Å². The molecule has 0 aliphatic heterocycles. The maximum absolute atomic E-state index is 6.55. The van der Waals surface area contributed by atoms with Crippen LogP contribution in [0, 0.1) is 6.92 Å². The molecule has 5 aromatic carbocycles. The quantitative estimate of drug-likeness (QED) is 0.178. The van der Waals surface area contributed by atoms with Crippen LogP contribution in [0.1, 0.15) is 58.2 Å². The molecule has 0 radical (unpaired) electrons. The van der Waals surface area contributed by atoms with Gasteiger partial charge in [-0.05, 0) is 89.5 Å². The van der Waals surface area contributed by atoms with Crippen molar-refractivity contribution in [2.45, 2.75) is 59.3 Å². The number of ether oxygens (including phenoxy) is 2. The predicted octanol–water partition coefficient (Wildman–Crippen LogP) is 12.8. The summed E-state index contributed by atoms with van der Waals surface area (Å²) in [4.78, 5) is 0. The molecule has 3 nitrogen and oxygen atoms in total. The molecule has 0 amide bonds. The Morgan fingerprint density at radius 1 is 0.545 bits per heavy atom. The van der Waals surface area contributed by atoms with E-state index < -0.39 is 0 Å². The summed E-state index contributed by atoms with van der Waals surface area (Å²) in [6.07, 6.45) is 0. The summed E-state index contributed by atoms with van der Waals surface area (Å²) in [5.41, 5.74) is 6.86. The maximum Gasteiger partial charge on any atom is 0.136 e. The summed E-state index contributed by atoms with van der Waals surface area (Å²) in [6, 6.07) is 33.8. The number of halogens is 2. The number of fused-ring (bicyclic) bond motifs is 3. The van der Waals surface area contributed by atoms with E-state index in [9.17, 15) is 0 Å². The molecular formula is C39H37Br2NO2. The number of rotatable bonds is 5. The molecule has 0 unspecified atom stereocenters. The lowest BCUT2D eigenvalue weighted by Gasteiger charge is -2.20. The molecule has 0 aliphatic carbocycles. The lowest BCUT2D eigenvalue weighted by molar-refractivity contribution is 0.453. The van der Waals surface area contributed by atoms with Gasteiger partial charge in [-0.15, -0.1) is 0 Å². The van der Waals surface area contributed by atoms with Crippen LogP contribution in [0.3, 0.4) is 0 Å². The molecule has 0 saturated heterocycles. The van der Waals surface area contributed by atoms with Crippen LogP contribution in [-0.2, 0) is 10.8 Å². The van der Waals surface area contributed by atoms with E-state index in [1.807, 2.05) is 55.5 Å². The standard InChI is InChI=1S/C39H37Br2NO2/c1-24-36(43-30-12-8-10-27(40)20-30)22-29(23-37(24)44-31-13-9-11-28(41)21-31)42-34-16-14-25(38(2,3)4)18-32(34)33-19-26(39(5,6)7)15-17-35(33)42/h8-23H,1-7H3. The topological polar surface area (TPSA) is 23.4 Å². The Bertz CT molecular complexity index is 1890. The Labute approximate surface area is 277 Å². The van der Waals surface area contributed by atoms with Gasteiger partial charge < -0.3 is 14.0 Å². The van der Waals surface area contributed by atoms with Gasteiger partial charge in [-0.1, -0.05) is 97.7 Å². The first-order valence-electron chi connectivity index (χ1n) is 14.9. The highest BCUT2D eigenvalue weighted by Gasteiger charge is 2.22. The molecule has 44 heavy (non-hydrogen) atoms. The SMILES string of the molecule is Cc1c(Oc2cccc(Br)c2)cc(-n2c3ccc(C(C)(C)C)cc3c3cc(C(C)(C)C)ccc32)cc1Oc1cccc(Br)c1. The minimum atomic E-state index is 0.0318. The van der Waals surface area contributed by atoms with Gasteiger partial charge in [-0.25, -0.2) is 0 Å². The molecule has 0 bridgehead atoms. The number of hydrogen-bond acceptors (Lipinski definition) is 2. The van der Waals surface area contributed by atoms with Gasteiger partial charge in [0.05, 0.1) is 16.7 Å². The second-order valence-electron chi connectivity index (χ2n) is 13.5. The molecule has 1 heterocycles. The Morgan fingerprint density at radius 3 is 1.36 bits per heavy atom. The third kappa shape index (κ3) is 6.05. The van der Waals surface area contributed by atoms with Crippen molar-refractivity contribution in [3.05, 3.63) is 123 Å². The summed E-state index contributed by atoms with van der Waals surface area (Å²) < 4.78 is 17.4. The zero-order valence-electron chi connectivity index (χ0n) is 26.3. The van der Waals surface area contributed by atoms with Crippen molar-refractivity contribution in [3.8, 4) is 28.7 Å². The fourth-order valence-electron chi connectivity index (χ4n) is 5.54. The smallest absolute Gasteiger partial charge is 0.136 e. The zero-order valence-corrected chi connectivity index (χ0v) is 29.4. The number of nitrogens with zero attached hydrogens (tertiary/aromatic N) is 1. The average molecular weight is 712 g/mol. The summed E-state index contributed by atoms with van der Waals surface area (Å²) in [7, 11) is 0. The first-order chi connectivity index (χ1) is 20.8. The van der Waals surface area contributed by atoms with E-state index >= 15 is 0 Å². The third-order valence-electron chi connectivity index (χ3n) is 8.10. The van der Waals surface area contributed by atoms with Gasteiger partial charge in [-0.2, -0.15) is 0 Å². The van der Waals surface area contributed by atoms with E-state index in [2.05, 4.69) is 127 Å². The molecule has 0 fully saturated rings. The van der Waals surface area contributed by atoms with Crippen molar-refractivity contribution in [1.29, 1.82) is 0 Å². The lowest BCUT2D eigenvalue weighted by atomic mass is 9.85. The van der Waals surface area contributed by atoms with Gasteiger partial charge in [0.2, 0.25) is 0 Å². The maximum atomic E-state index is 6.55. The lowest BCUT2D eigenvalue weighted by Crippen LogP contribution is -2.10. The largest absolute Gasteiger partial charge is 0.457 e. The Morgan fingerprint density at radius 2 is 0.977 bits per heavy atom. The van der Waals surface area contributed by atoms with Crippen LogP contribution in [0.4, 0.5) is 0 Å². The van der Waals surface area contributed by atoms with Gasteiger partial charge in [0.1, 0.15) is 23.0 Å². The summed E-state index contributed by atoms with van der Waals surface area (Å²) in [5.74, 6) is 2.97. The molecule has 6 rings (SSSR count). The highest BCUT2D eigenvalue weighted by atomic mass is 79.9. The predicted molar refractivity (Wildman–Crippen MR) is 191 cm³/mol. The molecule has 6 aromatic rings. The molecule has 0 N–H and O–H groups in total. The van der Waals surface area contributed by atoms with Crippen LogP contribution in [0.5, 0.6) is 23.0 Å². The molecule has 5 heteroatoms. The van der Waals surface area contributed by atoms with Crippen molar-refractivity contribution in [3.63, 3.8) is 0 Å². The van der Waals surface area contributed by atoms with Crippen LogP contribution >= 0.6 is 31.9 Å². The average Bonchev–Trinajstić information content (AvgIpc) is 3.27. The second-order valence-corrected chi connectivity index (χ2v) is 15.3. The molecule has 224 valence electrons. The summed E-state index contributed by atoms with van der Waals surface area (Å²) in [6.45, 7) is 15.7. The number of aromatic nitrogens is 1. The Balaban J connectivity index is 1.63. The van der Waals surface area contributed by atoms with E-state index in [0.29, 0.717) is 0 Å². The Hall–Kier alpha value is -3.54. The van der Waals surface area contributed by atoms with Gasteiger partial charge in [-0.3, -0.25) is 0 Å². The molecule has 1 aromatic heterocycles. The van der Waals surface area contributed by atoms with Crippen LogP contribution in [0.15, 0.2) is 106 Å². The van der Waals surface area contributed by atoms with Crippen LogP contribution in [-0.4, -0.2) is 4.57 Å². The Kier molecular flexibility index (Phi) is 7.92. The molecular weight excluding hydrogens is 674 g/mol. The van der Waals surface area contributed by atoms with Crippen molar-refractivity contribution in [2.75, 3.05) is 0 Å². The van der Waals surface area contributed by atoms with E-state index in [4.69, 9.17) is 9.47 Å². The van der Waals surface area contributed by atoms with Gasteiger partial charge in [0.25, 0.3) is 0 Å². The van der Waals surface area contributed by atoms with Gasteiger partial charge in [0.15, 0.2) is 0 Å². The summed E-state index contributed by atoms with van der Waals surface area (Å²) in [5, 5.41) is 2.48. The minimum absolute atomic E-state index is 0.0318. The van der Waals surface area contributed by atoms with E-state index in [1.165, 1.54) is 21.9 Å². The fraction of sp³-hybridized carbons (Fsp3) is 0.231. The minimum Gasteiger partial charge on any atom is -0.457 e. The normalized spacial score (nSPS) is 12.2. The van der Waals surface area contributed by atoms with E-state index in [1.54, 1.807) is 0 Å². The van der Waals surface area contributed by atoms with Crippen molar-refractivity contribution in [1.82, 2.24) is 4.57 Å². The second kappa shape index (κ2) is 11.4. The van der Waals surface area contributed by atoms with Crippen molar-refractivity contribution in [2.24, 2.45) is 0 Å². The first-order valence-corrected chi connectivity index (χ1v) is 16.5. The zero-order chi connectivity index (χ0) is 31.4. The molecule has 0 saturated carbocycles. The third-order valence-corrected chi connectivity index (χ3v) is 9.09. The monoisotopic (exact) mass is 709 g/mol.